The number of rotatable bonds is 5. The van der Waals surface area contributed by atoms with Crippen molar-refractivity contribution in [2.45, 2.75) is 25.2 Å². The molecule has 138 valence electrons. The topological polar surface area (TPSA) is 70.7 Å². The van der Waals surface area contributed by atoms with Gasteiger partial charge in [-0.15, -0.1) is 0 Å². The second-order valence-corrected chi connectivity index (χ2v) is 5.84. The van der Waals surface area contributed by atoms with Crippen LogP contribution in [0.25, 0.3) is 0 Å². The van der Waals surface area contributed by atoms with E-state index < -0.39 is 12.1 Å². The van der Waals surface area contributed by atoms with E-state index in [9.17, 15) is 22.8 Å². The fourth-order valence-corrected chi connectivity index (χ4v) is 2.50. The Morgan fingerprint density at radius 1 is 1.40 bits per heavy atom. The van der Waals surface area contributed by atoms with Crippen molar-refractivity contribution in [3.05, 3.63) is 29.8 Å². The summed E-state index contributed by atoms with van der Waals surface area (Å²) >= 11 is 0. The van der Waals surface area contributed by atoms with E-state index in [0.717, 1.165) is 7.05 Å². The number of ether oxygens (including phenoxy) is 1. The maximum atomic E-state index is 12.4. The first kappa shape index (κ1) is 19.2. The molecule has 0 spiro atoms. The van der Waals surface area contributed by atoms with Gasteiger partial charge in [-0.05, 0) is 17.7 Å². The quantitative estimate of drug-likeness (QED) is 0.836. The van der Waals surface area contributed by atoms with Crippen LogP contribution in [0.5, 0.6) is 0 Å². The zero-order valence-electron chi connectivity index (χ0n) is 13.7. The first-order valence-electron chi connectivity index (χ1n) is 7.78. The van der Waals surface area contributed by atoms with E-state index in [4.69, 9.17) is 4.74 Å². The maximum absolute atomic E-state index is 12.4. The molecule has 1 fully saturated rings. The zero-order chi connectivity index (χ0) is 18.4. The monoisotopic (exact) mass is 359 g/mol. The van der Waals surface area contributed by atoms with Crippen molar-refractivity contribution in [2.24, 2.45) is 0 Å². The average Bonchev–Trinajstić information content (AvgIpc) is 2.54. The van der Waals surface area contributed by atoms with Gasteiger partial charge in [0.25, 0.3) is 0 Å². The number of nitrogens with one attached hydrogen (secondary N) is 2. The molecule has 1 aliphatic rings. The van der Waals surface area contributed by atoms with Gasteiger partial charge in [-0.25, -0.2) is 0 Å². The molecule has 9 heteroatoms. The standard InChI is InChI=1S/C16H20F3N3O3/c1-22(15(24)16(17,18)19)9-11-3-2-4-12(7-11)21-14(23)8-13-10-25-6-5-20-13/h2-4,7,13,20H,5-6,8-10H2,1H3,(H,21,23). The molecule has 0 saturated carbocycles. The van der Waals surface area contributed by atoms with Crippen LogP contribution in [0.1, 0.15) is 12.0 Å². The third-order valence-corrected chi connectivity index (χ3v) is 3.65. The maximum Gasteiger partial charge on any atom is 0.471 e. The highest BCUT2D eigenvalue weighted by Gasteiger charge is 2.41. The van der Waals surface area contributed by atoms with E-state index in [-0.39, 0.29) is 24.9 Å². The Hall–Kier alpha value is -2.13. The lowest BCUT2D eigenvalue weighted by atomic mass is 10.1. The highest BCUT2D eigenvalue weighted by Crippen LogP contribution is 2.20. The number of nitrogens with zero attached hydrogens (tertiary/aromatic N) is 1. The van der Waals surface area contributed by atoms with Crippen LogP contribution in [0.2, 0.25) is 0 Å². The van der Waals surface area contributed by atoms with Crippen LogP contribution in [0.4, 0.5) is 18.9 Å². The molecule has 2 rings (SSSR count). The number of hydrogen-bond donors (Lipinski definition) is 2. The number of halogens is 3. The van der Waals surface area contributed by atoms with Crippen molar-refractivity contribution in [3.8, 4) is 0 Å². The lowest BCUT2D eigenvalue weighted by molar-refractivity contribution is -0.184. The van der Waals surface area contributed by atoms with Gasteiger partial charge in [0.2, 0.25) is 5.91 Å². The number of benzene rings is 1. The van der Waals surface area contributed by atoms with Crippen LogP contribution in [0.15, 0.2) is 24.3 Å². The van der Waals surface area contributed by atoms with Crippen LogP contribution in [-0.4, -0.2) is 55.7 Å². The Bertz CT molecular complexity index is 616. The van der Waals surface area contributed by atoms with Crippen molar-refractivity contribution < 1.29 is 27.5 Å². The van der Waals surface area contributed by atoms with Gasteiger partial charge in [-0.3, -0.25) is 9.59 Å². The lowest BCUT2D eigenvalue weighted by Crippen LogP contribution is -2.43. The summed E-state index contributed by atoms with van der Waals surface area (Å²) in [6.45, 7) is 1.55. The Kier molecular flexibility index (Phi) is 6.38. The van der Waals surface area contributed by atoms with Crippen molar-refractivity contribution >= 4 is 17.5 Å². The molecular weight excluding hydrogens is 339 g/mol. The lowest BCUT2D eigenvalue weighted by Gasteiger charge is -2.23. The minimum absolute atomic E-state index is 0.0625. The zero-order valence-corrected chi connectivity index (χ0v) is 13.7. The van der Waals surface area contributed by atoms with Gasteiger partial charge >= 0.3 is 12.1 Å². The predicted molar refractivity (Wildman–Crippen MR) is 84.8 cm³/mol. The van der Waals surface area contributed by atoms with Gasteiger partial charge in [0.1, 0.15) is 0 Å². The fraction of sp³-hybridized carbons (Fsp3) is 0.500. The van der Waals surface area contributed by atoms with Crippen LogP contribution < -0.4 is 10.6 Å². The van der Waals surface area contributed by atoms with Gasteiger partial charge < -0.3 is 20.3 Å². The van der Waals surface area contributed by atoms with Gasteiger partial charge in [0, 0.05) is 38.3 Å². The Balaban J connectivity index is 1.91. The van der Waals surface area contributed by atoms with E-state index >= 15 is 0 Å². The van der Waals surface area contributed by atoms with Gasteiger partial charge in [0.15, 0.2) is 0 Å². The molecule has 0 aliphatic carbocycles. The predicted octanol–water partition coefficient (Wildman–Crippen LogP) is 1.52. The Morgan fingerprint density at radius 3 is 2.80 bits per heavy atom. The van der Waals surface area contributed by atoms with Gasteiger partial charge in [-0.1, -0.05) is 12.1 Å². The minimum Gasteiger partial charge on any atom is -0.378 e. The third-order valence-electron chi connectivity index (χ3n) is 3.65. The molecule has 0 aromatic heterocycles. The normalized spacial score (nSPS) is 17.8. The molecule has 1 aliphatic heterocycles. The van der Waals surface area contributed by atoms with E-state index in [1.807, 2.05) is 0 Å². The van der Waals surface area contributed by atoms with E-state index in [1.54, 1.807) is 24.3 Å². The van der Waals surface area contributed by atoms with Gasteiger partial charge in [-0.2, -0.15) is 13.2 Å². The fourth-order valence-electron chi connectivity index (χ4n) is 2.50. The highest BCUT2D eigenvalue weighted by molar-refractivity contribution is 5.91. The number of carbonyl (C=O) groups excluding carboxylic acids is 2. The second kappa shape index (κ2) is 8.30. The van der Waals surface area contributed by atoms with Crippen LogP contribution >= 0.6 is 0 Å². The molecule has 1 unspecified atom stereocenters. The summed E-state index contributed by atoms with van der Waals surface area (Å²) in [6.07, 6.45) is -4.67. The molecule has 1 atom stereocenters. The average molecular weight is 359 g/mol. The molecule has 1 aromatic rings. The van der Waals surface area contributed by atoms with Crippen molar-refractivity contribution in [3.63, 3.8) is 0 Å². The number of morpholine rings is 1. The van der Waals surface area contributed by atoms with Gasteiger partial charge in [0.05, 0.1) is 13.2 Å². The number of amides is 2. The molecule has 1 aromatic carbocycles. The summed E-state index contributed by atoms with van der Waals surface area (Å²) in [6, 6.07) is 6.32. The smallest absolute Gasteiger partial charge is 0.378 e. The van der Waals surface area contributed by atoms with Crippen molar-refractivity contribution in [1.29, 1.82) is 0 Å². The first-order chi connectivity index (χ1) is 11.8. The number of alkyl halides is 3. The summed E-state index contributed by atoms with van der Waals surface area (Å²) in [5, 5.41) is 5.87. The van der Waals surface area contributed by atoms with Crippen molar-refractivity contribution in [1.82, 2.24) is 10.2 Å². The first-order valence-corrected chi connectivity index (χ1v) is 7.78. The van der Waals surface area contributed by atoms with E-state index in [2.05, 4.69) is 10.6 Å². The third kappa shape index (κ3) is 6.02. The summed E-state index contributed by atoms with van der Waals surface area (Å²) in [7, 11) is 1.08. The van der Waals surface area contributed by atoms with Crippen molar-refractivity contribution in [2.75, 3.05) is 32.1 Å². The summed E-state index contributed by atoms with van der Waals surface area (Å²) in [5.41, 5.74) is 0.948. The number of hydrogen-bond acceptors (Lipinski definition) is 4. The molecule has 1 saturated heterocycles. The van der Waals surface area contributed by atoms with E-state index in [1.165, 1.54) is 0 Å². The molecule has 2 N–H and O–H groups in total. The number of carbonyl (C=O) groups is 2. The molecule has 1 heterocycles. The Labute approximate surface area is 143 Å². The number of anilines is 1. The molecule has 6 nitrogen and oxygen atoms in total. The minimum atomic E-state index is -4.91. The largest absolute Gasteiger partial charge is 0.471 e. The molecule has 25 heavy (non-hydrogen) atoms. The summed E-state index contributed by atoms with van der Waals surface area (Å²) < 4.78 is 42.5. The van der Waals surface area contributed by atoms with Crippen LogP contribution in [0, 0.1) is 0 Å². The summed E-state index contributed by atoms with van der Waals surface area (Å²) in [5.74, 6) is -2.13. The summed E-state index contributed by atoms with van der Waals surface area (Å²) in [4.78, 5) is 23.8. The molecule has 0 bridgehead atoms. The molecular formula is C16H20F3N3O3. The van der Waals surface area contributed by atoms with E-state index in [0.29, 0.717) is 35.9 Å². The molecule has 0 radical (unpaired) electrons. The van der Waals surface area contributed by atoms with Crippen LogP contribution in [0.3, 0.4) is 0 Å². The highest BCUT2D eigenvalue weighted by atomic mass is 19.4. The molecule has 2 amide bonds. The SMILES string of the molecule is CN(Cc1cccc(NC(=O)CC2COCCN2)c1)C(=O)C(F)(F)F. The second-order valence-electron chi connectivity index (χ2n) is 5.84. The van der Waals surface area contributed by atoms with Crippen LogP contribution in [-0.2, 0) is 20.9 Å². The Morgan fingerprint density at radius 2 is 2.16 bits per heavy atom.